The van der Waals surface area contributed by atoms with Crippen molar-refractivity contribution in [2.24, 2.45) is 0 Å². The first-order valence-corrected chi connectivity index (χ1v) is 9.53. The van der Waals surface area contributed by atoms with Crippen LogP contribution >= 0.6 is 0 Å². The van der Waals surface area contributed by atoms with E-state index in [2.05, 4.69) is 5.48 Å². The number of nitrogens with one attached hydrogen (secondary N) is 1. The van der Waals surface area contributed by atoms with E-state index in [4.69, 9.17) is 8.70 Å². The molecule has 6 heteroatoms. The van der Waals surface area contributed by atoms with Crippen molar-refractivity contribution in [2.75, 3.05) is 5.48 Å². The highest BCUT2D eigenvalue weighted by Crippen LogP contribution is 2.36. The van der Waals surface area contributed by atoms with Gasteiger partial charge < -0.3 is 4.42 Å². The third kappa shape index (κ3) is 2.83. The van der Waals surface area contributed by atoms with E-state index in [0.29, 0.717) is 17.0 Å². The molecule has 5 nitrogen and oxygen atoms in total. The van der Waals surface area contributed by atoms with E-state index < -0.39 is 10.1 Å². The molecule has 0 saturated heterocycles. The number of aryl methyl sites for hydroxylation is 2. The van der Waals surface area contributed by atoms with Gasteiger partial charge in [0.05, 0.1) is 10.3 Å². The van der Waals surface area contributed by atoms with E-state index in [0.717, 1.165) is 21.7 Å². The van der Waals surface area contributed by atoms with E-state index in [1.807, 2.05) is 43.3 Å². The highest BCUT2D eigenvalue weighted by atomic mass is 32.2. The van der Waals surface area contributed by atoms with Gasteiger partial charge in [0, 0.05) is 0 Å². The van der Waals surface area contributed by atoms with Gasteiger partial charge in [-0.15, -0.1) is 4.28 Å². The summed E-state index contributed by atoms with van der Waals surface area (Å²) >= 11 is 0. The Bertz CT molecular complexity index is 1210. The van der Waals surface area contributed by atoms with Crippen LogP contribution in [-0.2, 0) is 14.4 Å². The molecule has 0 atom stereocenters. The van der Waals surface area contributed by atoms with E-state index in [1.54, 1.807) is 19.1 Å². The van der Waals surface area contributed by atoms with Crippen LogP contribution in [0.2, 0.25) is 0 Å². The molecule has 4 aromatic rings. The average molecular weight is 367 g/mol. The average Bonchev–Trinajstić information content (AvgIpc) is 2.96. The Morgan fingerprint density at radius 3 is 2.42 bits per heavy atom. The van der Waals surface area contributed by atoms with Crippen molar-refractivity contribution in [2.45, 2.75) is 18.7 Å². The zero-order chi connectivity index (χ0) is 18.3. The van der Waals surface area contributed by atoms with Crippen molar-refractivity contribution in [3.63, 3.8) is 0 Å². The lowest BCUT2D eigenvalue weighted by atomic mass is 10.1. The summed E-state index contributed by atoms with van der Waals surface area (Å²) in [6.07, 6.45) is 0. The molecule has 3 aromatic carbocycles. The zero-order valence-corrected chi connectivity index (χ0v) is 15.1. The normalized spacial score (nSPS) is 11.9. The largest absolute Gasteiger partial charge is 0.459 e. The second-order valence-electron chi connectivity index (χ2n) is 6.15. The lowest BCUT2D eigenvalue weighted by Crippen LogP contribution is -2.12. The minimum absolute atomic E-state index is 0.0888. The van der Waals surface area contributed by atoms with Gasteiger partial charge in [0.15, 0.2) is 0 Å². The smallest absolute Gasteiger partial charge is 0.317 e. The Hall–Kier alpha value is -2.83. The number of anilines is 1. The van der Waals surface area contributed by atoms with Crippen LogP contribution in [-0.4, -0.2) is 8.42 Å². The highest BCUT2D eigenvalue weighted by molar-refractivity contribution is 7.86. The lowest BCUT2D eigenvalue weighted by molar-refractivity contribution is 0.389. The van der Waals surface area contributed by atoms with Gasteiger partial charge in [-0.3, -0.25) is 0 Å². The van der Waals surface area contributed by atoms with Crippen LogP contribution in [0.15, 0.2) is 70.0 Å². The SMILES string of the molecule is Cc1ccc(S(=O)(=O)ONc2c(C)oc3ccc4ccccc4c23)cc1. The molecule has 0 radical (unpaired) electrons. The van der Waals surface area contributed by atoms with Gasteiger partial charge in [-0.2, -0.15) is 8.42 Å². The summed E-state index contributed by atoms with van der Waals surface area (Å²) in [5.41, 5.74) is 4.75. The second-order valence-corrected chi connectivity index (χ2v) is 7.69. The number of rotatable bonds is 4. The number of furan rings is 1. The molecule has 0 spiro atoms. The maximum Gasteiger partial charge on any atom is 0.317 e. The molecule has 0 saturated carbocycles. The molecule has 0 unspecified atom stereocenters. The molecule has 1 aromatic heterocycles. The molecule has 132 valence electrons. The van der Waals surface area contributed by atoms with Crippen LogP contribution in [0.5, 0.6) is 0 Å². The van der Waals surface area contributed by atoms with Crippen molar-refractivity contribution in [1.29, 1.82) is 0 Å². The summed E-state index contributed by atoms with van der Waals surface area (Å²) in [7, 11) is -3.94. The first-order valence-electron chi connectivity index (χ1n) is 8.13. The number of benzene rings is 3. The Labute approximate surface area is 151 Å². The third-order valence-corrected chi connectivity index (χ3v) is 5.47. The zero-order valence-electron chi connectivity index (χ0n) is 14.3. The summed E-state index contributed by atoms with van der Waals surface area (Å²) in [4.78, 5) is 0.0888. The fourth-order valence-corrected chi connectivity index (χ4v) is 3.72. The predicted molar refractivity (Wildman–Crippen MR) is 102 cm³/mol. The summed E-state index contributed by atoms with van der Waals surface area (Å²) in [5, 5.41) is 2.78. The summed E-state index contributed by atoms with van der Waals surface area (Å²) in [5.74, 6) is 0.551. The summed E-state index contributed by atoms with van der Waals surface area (Å²) in [6.45, 7) is 3.65. The highest BCUT2D eigenvalue weighted by Gasteiger charge is 2.19. The molecule has 0 aliphatic carbocycles. The van der Waals surface area contributed by atoms with Crippen LogP contribution < -0.4 is 5.48 Å². The van der Waals surface area contributed by atoms with Gasteiger partial charge in [0.25, 0.3) is 0 Å². The Balaban J connectivity index is 1.74. The molecule has 0 fully saturated rings. The quantitative estimate of drug-likeness (QED) is 0.518. The monoisotopic (exact) mass is 367 g/mol. The standard InChI is InChI=1S/C20H17NO4S/c1-13-7-10-16(11-8-13)26(22,23)25-21-20-14(2)24-18-12-9-15-5-3-4-6-17(15)19(18)20/h3-12,21H,1-2H3. The van der Waals surface area contributed by atoms with Gasteiger partial charge in [0.2, 0.25) is 0 Å². The minimum Gasteiger partial charge on any atom is -0.459 e. The van der Waals surface area contributed by atoms with Crippen LogP contribution in [0.1, 0.15) is 11.3 Å². The fourth-order valence-electron chi connectivity index (χ4n) is 2.96. The van der Waals surface area contributed by atoms with E-state index in [1.165, 1.54) is 12.1 Å². The first kappa shape index (κ1) is 16.6. The molecule has 0 aliphatic rings. The first-order chi connectivity index (χ1) is 12.5. The number of hydrogen-bond donors (Lipinski definition) is 1. The van der Waals surface area contributed by atoms with Crippen molar-refractivity contribution in [1.82, 2.24) is 0 Å². The molecule has 1 N–H and O–H groups in total. The van der Waals surface area contributed by atoms with Gasteiger partial charge in [-0.05, 0) is 42.8 Å². The predicted octanol–water partition coefficient (Wildman–Crippen LogP) is 4.94. The van der Waals surface area contributed by atoms with Crippen molar-refractivity contribution in [3.05, 3.63) is 72.0 Å². The van der Waals surface area contributed by atoms with Crippen LogP contribution in [0.4, 0.5) is 5.69 Å². The van der Waals surface area contributed by atoms with Crippen molar-refractivity contribution in [3.8, 4) is 0 Å². The van der Waals surface area contributed by atoms with Gasteiger partial charge in [-0.1, -0.05) is 48.0 Å². The van der Waals surface area contributed by atoms with Gasteiger partial charge in [0.1, 0.15) is 17.0 Å². The van der Waals surface area contributed by atoms with E-state index in [-0.39, 0.29) is 4.90 Å². The van der Waals surface area contributed by atoms with Crippen molar-refractivity contribution < 1.29 is 17.1 Å². The molecule has 0 aliphatic heterocycles. The number of hydrogen-bond acceptors (Lipinski definition) is 5. The van der Waals surface area contributed by atoms with Gasteiger partial charge in [-0.25, -0.2) is 5.48 Å². The molecule has 0 amide bonds. The van der Waals surface area contributed by atoms with Crippen LogP contribution in [0.25, 0.3) is 21.7 Å². The Morgan fingerprint density at radius 1 is 0.923 bits per heavy atom. The van der Waals surface area contributed by atoms with E-state index >= 15 is 0 Å². The Kier molecular flexibility index (Phi) is 3.94. The van der Waals surface area contributed by atoms with Gasteiger partial charge >= 0.3 is 10.1 Å². The Morgan fingerprint density at radius 2 is 1.65 bits per heavy atom. The summed E-state index contributed by atoms with van der Waals surface area (Å²) < 4.78 is 35.7. The molecule has 1 heterocycles. The van der Waals surface area contributed by atoms with Crippen molar-refractivity contribution >= 4 is 37.5 Å². The number of fused-ring (bicyclic) bond motifs is 3. The topological polar surface area (TPSA) is 68.5 Å². The molecule has 4 rings (SSSR count). The van der Waals surface area contributed by atoms with Crippen LogP contribution in [0, 0.1) is 13.8 Å². The van der Waals surface area contributed by atoms with E-state index in [9.17, 15) is 8.42 Å². The molecular weight excluding hydrogens is 350 g/mol. The molecular formula is C20H17NO4S. The summed E-state index contributed by atoms with van der Waals surface area (Å²) in [6, 6.07) is 18.1. The van der Waals surface area contributed by atoms with Crippen LogP contribution in [0.3, 0.4) is 0 Å². The maximum atomic E-state index is 12.4. The minimum atomic E-state index is -3.94. The second kappa shape index (κ2) is 6.16. The maximum absolute atomic E-state index is 12.4. The fraction of sp³-hybridized carbons (Fsp3) is 0.100. The lowest BCUT2D eigenvalue weighted by Gasteiger charge is -2.08. The third-order valence-electron chi connectivity index (χ3n) is 4.32. The molecule has 0 bridgehead atoms. The molecule has 26 heavy (non-hydrogen) atoms.